The van der Waals surface area contributed by atoms with Crippen LogP contribution in [0.25, 0.3) is 0 Å². The third-order valence-corrected chi connectivity index (χ3v) is 2.75. The van der Waals surface area contributed by atoms with Crippen LogP contribution in [0.1, 0.15) is 26.2 Å². The Bertz CT molecular complexity index is 120. The Kier molecular flexibility index (Phi) is 3.64. The maximum Gasteiger partial charge on any atom is -0.00172 e. The Hall–Kier alpha value is -0.300. The Labute approximate surface area is 69.9 Å². The van der Waals surface area contributed by atoms with Gasteiger partial charge >= 0.3 is 0 Å². The van der Waals surface area contributed by atoms with Gasteiger partial charge in [-0.05, 0) is 37.8 Å². The Morgan fingerprint density at radius 2 is 2.18 bits per heavy atom. The number of allylic oxidation sites excluding steroid dienone is 1. The highest BCUT2D eigenvalue weighted by molar-refractivity contribution is 4.82. The van der Waals surface area contributed by atoms with E-state index in [0.717, 1.165) is 11.8 Å². The van der Waals surface area contributed by atoms with Crippen molar-refractivity contribution in [2.75, 3.05) is 13.1 Å². The van der Waals surface area contributed by atoms with E-state index in [0.29, 0.717) is 0 Å². The van der Waals surface area contributed by atoms with Crippen molar-refractivity contribution in [2.45, 2.75) is 26.2 Å². The van der Waals surface area contributed by atoms with Gasteiger partial charge in [0.2, 0.25) is 0 Å². The second-order valence-corrected chi connectivity index (χ2v) is 3.45. The second kappa shape index (κ2) is 4.55. The van der Waals surface area contributed by atoms with Crippen molar-refractivity contribution in [3.8, 4) is 0 Å². The Balaban J connectivity index is 2.25. The van der Waals surface area contributed by atoms with Crippen LogP contribution in [-0.4, -0.2) is 13.1 Å². The second-order valence-electron chi connectivity index (χ2n) is 3.45. The molecule has 11 heavy (non-hydrogen) atoms. The van der Waals surface area contributed by atoms with Gasteiger partial charge in [-0.1, -0.05) is 19.4 Å². The monoisotopic (exact) mass is 153 g/mol. The highest BCUT2D eigenvalue weighted by Crippen LogP contribution is 2.24. The first kappa shape index (κ1) is 8.79. The fourth-order valence-electron chi connectivity index (χ4n) is 1.93. The van der Waals surface area contributed by atoms with E-state index in [1.807, 2.05) is 6.08 Å². The van der Waals surface area contributed by atoms with Crippen molar-refractivity contribution >= 4 is 0 Å². The van der Waals surface area contributed by atoms with Crippen LogP contribution in [0.2, 0.25) is 0 Å². The topological polar surface area (TPSA) is 12.0 Å². The molecule has 1 N–H and O–H groups in total. The molecule has 0 saturated carbocycles. The zero-order valence-corrected chi connectivity index (χ0v) is 7.47. The maximum atomic E-state index is 3.75. The standard InChI is InChI=1S/C10H19N/c1-3-5-6-10-8-11-7-9(10)4-2/h3,9-11H,1,4-8H2,2H3. The van der Waals surface area contributed by atoms with E-state index >= 15 is 0 Å². The molecule has 0 aliphatic carbocycles. The van der Waals surface area contributed by atoms with Crippen LogP contribution in [0.3, 0.4) is 0 Å². The molecular formula is C10H19N. The summed E-state index contributed by atoms with van der Waals surface area (Å²) in [4.78, 5) is 0. The molecule has 1 heterocycles. The lowest BCUT2D eigenvalue weighted by atomic mass is 9.90. The van der Waals surface area contributed by atoms with E-state index in [1.54, 1.807) is 0 Å². The van der Waals surface area contributed by atoms with Crippen molar-refractivity contribution in [3.05, 3.63) is 12.7 Å². The summed E-state index contributed by atoms with van der Waals surface area (Å²) in [5.41, 5.74) is 0. The first-order valence-electron chi connectivity index (χ1n) is 4.70. The molecule has 1 heteroatoms. The SMILES string of the molecule is C=CCCC1CNCC1CC. The third kappa shape index (κ3) is 2.33. The minimum atomic E-state index is 0.915. The van der Waals surface area contributed by atoms with E-state index in [4.69, 9.17) is 0 Å². The van der Waals surface area contributed by atoms with Crippen molar-refractivity contribution in [2.24, 2.45) is 11.8 Å². The third-order valence-electron chi connectivity index (χ3n) is 2.75. The van der Waals surface area contributed by atoms with Crippen molar-refractivity contribution in [1.82, 2.24) is 5.32 Å². The van der Waals surface area contributed by atoms with Gasteiger partial charge in [0.05, 0.1) is 0 Å². The van der Waals surface area contributed by atoms with Gasteiger partial charge in [0.1, 0.15) is 0 Å². The maximum absolute atomic E-state index is 3.75. The lowest BCUT2D eigenvalue weighted by Gasteiger charge is -2.14. The van der Waals surface area contributed by atoms with Crippen molar-refractivity contribution in [1.29, 1.82) is 0 Å². The molecule has 1 fully saturated rings. The summed E-state index contributed by atoms with van der Waals surface area (Å²) in [5, 5.41) is 3.45. The zero-order valence-electron chi connectivity index (χ0n) is 7.47. The predicted molar refractivity (Wildman–Crippen MR) is 49.6 cm³/mol. The quantitative estimate of drug-likeness (QED) is 0.610. The lowest BCUT2D eigenvalue weighted by molar-refractivity contribution is 0.386. The van der Waals surface area contributed by atoms with E-state index < -0.39 is 0 Å². The molecule has 1 nitrogen and oxygen atoms in total. The van der Waals surface area contributed by atoms with Crippen LogP contribution in [0.15, 0.2) is 12.7 Å². The first-order chi connectivity index (χ1) is 5.38. The van der Waals surface area contributed by atoms with Crippen molar-refractivity contribution < 1.29 is 0 Å². The van der Waals surface area contributed by atoms with E-state index in [-0.39, 0.29) is 0 Å². The summed E-state index contributed by atoms with van der Waals surface area (Å²) < 4.78 is 0. The molecule has 0 aromatic rings. The summed E-state index contributed by atoms with van der Waals surface area (Å²) in [7, 11) is 0. The normalized spacial score (nSPS) is 30.6. The van der Waals surface area contributed by atoms with Gasteiger partial charge in [-0.3, -0.25) is 0 Å². The van der Waals surface area contributed by atoms with Gasteiger partial charge in [-0.25, -0.2) is 0 Å². The summed E-state index contributed by atoms with van der Waals surface area (Å²) in [6.45, 7) is 8.51. The fourth-order valence-corrected chi connectivity index (χ4v) is 1.93. The molecule has 1 aliphatic heterocycles. The summed E-state index contributed by atoms with van der Waals surface area (Å²) in [6.07, 6.45) is 5.87. The van der Waals surface area contributed by atoms with E-state index in [9.17, 15) is 0 Å². The van der Waals surface area contributed by atoms with Gasteiger partial charge in [-0.15, -0.1) is 6.58 Å². The minimum absolute atomic E-state index is 0.915. The zero-order chi connectivity index (χ0) is 8.10. The van der Waals surface area contributed by atoms with Gasteiger partial charge < -0.3 is 5.32 Å². The smallest absolute Gasteiger partial charge is 0.00172 e. The molecule has 64 valence electrons. The molecule has 1 saturated heterocycles. The van der Waals surface area contributed by atoms with Crippen molar-refractivity contribution in [3.63, 3.8) is 0 Å². The van der Waals surface area contributed by atoms with Crippen LogP contribution in [0.5, 0.6) is 0 Å². The Morgan fingerprint density at radius 3 is 2.82 bits per heavy atom. The minimum Gasteiger partial charge on any atom is -0.316 e. The number of hydrogen-bond donors (Lipinski definition) is 1. The van der Waals surface area contributed by atoms with Crippen LogP contribution in [0, 0.1) is 11.8 Å². The fraction of sp³-hybridized carbons (Fsp3) is 0.800. The molecule has 0 radical (unpaired) electrons. The highest BCUT2D eigenvalue weighted by atomic mass is 14.9. The molecule has 0 aromatic heterocycles. The van der Waals surface area contributed by atoms with Gasteiger partial charge in [0.25, 0.3) is 0 Å². The van der Waals surface area contributed by atoms with E-state index in [2.05, 4.69) is 18.8 Å². The molecule has 0 bridgehead atoms. The number of hydrogen-bond acceptors (Lipinski definition) is 1. The van der Waals surface area contributed by atoms with Gasteiger partial charge in [-0.2, -0.15) is 0 Å². The van der Waals surface area contributed by atoms with Crippen LogP contribution < -0.4 is 5.32 Å². The molecule has 2 atom stereocenters. The summed E-state index contributed by atoms with van der Waals surface area (Å²) in [6, 6.07) is 0. The van der Waals surface area contributed by atoms with E-state index in [1.165, 1.54) is 32.4 Å². The molecule has 1 rings (SSSR count). The Morgan fingerprint density at radius 1 is 1.45 bits per heavy atom. The molecule has 1 aliphatic rings. The largest absolute Gasteiger partial charge is 0.316 e. The number of nitrogens with one attached hydrogen (secondary N) is 1. The average molecular weight is 153 g/mol. The molecule has 0 amide bonds. The average Bonchev–Trinajstić information content (AvgIpc) is 2.47. The highest BCUT2D eigenvalue weighted by Gasteiger charge is 2.23. The van der Waals surface area contributed by atoms with Crippen LogP contribution in [-0.2, 0) is 0 Å². The molecule has 2 unspecified atom stereocenters. The summed E-state index contributed by atoms with van der Waals surface area (Å²) >= 11 is 0. The van der Waals surface area contributed by atoms with Gasteiger partial charge in [0.15, 0.2) is 0 Å². The number of rotatable bonds is 4. The molecule has 0 aromatic carbocycles. The predicted octanol–water partition coefficient (Wildman–Crippen LogP) is 2.20. The van der Waals surface area contributed by atoms with Crippen LogP contribution >= 0.6 is 0 Å². The first-order valence-corrected chi connectivity index (χ1v) is 4.70. The lowest BCUT2D eigenvalue weighted by Crippen LogP contribution is -2.10. The van der Waals surface area contributed by atoms with Gasteiger partial charge in [0, 0.05) is 0 Å². The molecular weight excluding hydrogens is 134 g/mol. The summed E-state index contributed by atoms with van der Waals surface area (Å²) in [5.74, 6) is 1.84. The van der Waals surface area contributed by atoms with Crippen LogP contribution in [0.4, 0.5) is 0 Å². The molecule has 0 spiro atoms.